The van der Waals surface area contributed by atoms with Crippen LogP contribution in [-0.2, 0) is 6.54 Å². The van der Waals surface area contributed by atoms with Crippen LogP contribution in [0.5, 0.6) is 11.5 Å². The first-order chi connectivity index (χ1) is 10.0. The number of phenolic OH excluding ortho intramolecular Hbond substituents is 1. The quantitative estimate of drug-likeness (QED) is 0.846. The minimum Gasteiger partial charge on any atom is -0.508 e. The van der Waals surface area contributed by atoms with Crippen molar-refractivity contribution in [1.82, 2.24) is 5.32 Å². The lowest BCUT2D eigenvalue weighted by atomic mass is 10.1. The first-order valence-corrected chi connectivity index (χ1v) is 7.31. The smallest absolute Gasteiger partial charge is 0.120 e. The van der Waals surface area contributed by atoms with Crippen molar-refractivity contribution in [2.75, 3.05) is 7.11 Å². The number of aromatic hydroxyl groups is 1. The van der Waals surface area contributed by atoms with Gasteiger partial charge in [-0.15, -0.1) is 0 Å². The summed E-state index contributed by atoms with van der Waals surface area (Å²) in [5, 5.41) is 14.4. The van der Waals surface area contributed by atoms with Gasteiger partial charge in [0.25, 0.3) is 0 Å². The Labute approximate surface area is 134 Å². The average molecular weight is 326 g/mol. The summed E-state index contributed by atoms with van der Waals surface area (Å²) in [6.45, 7) is 2.51. The summed E-state index contributed by atoms with van der Waals surface area (Å²) in [4.78, 5) is 0. The molecule has 2 rings (SSSR count). The Hall–Kier alpha value is -1.42. The van der Waals surface area contributed by atoms with E-state index in [-0.39, 0.29) is 11.8 Å². The maximum atomic E-state index is 9.87. The highest BCUT2D eigenvalue weighted by Crippen LogP contribution is 2.27. The van der Waals surface area contributed by atoms with Crippen molar-refractivity contribution in [2.45, 2.75) is 19.5 Å². The first kappa shape index (κ1) is 16.0. The van der Waals surface area contributed by atoms with Gasteiger partial charge in [-0.05, 0) is 42.8 Å². The molecule has 2 N–H and O–H groups in total. The van der Waals surface area contributed by atoms with E-state index in [1.54, 1.807) is 31.4 Å². The molecular formula is C16H17Cl2NO2. The maximum absolute atomic E-state index is 9.87. The molecule has 3 nitrogen and oxygen atoms in total. The molecule has 0 saturated heterocycles. The second kappa shape index (κ2) is 7.03. The standard InChI is InChI=1S/C16H17Cl2NO2/c1-10(14-5-3-12(17)8-15(14)18)19-9-11-7-13(21-2)4-6-16(11)20/h3-8,10,19-20H,9H2,1-2H3. The molecule has 0 aromatic heterocycles. The summed E-state index contributed by atoms with van der Waals surface area (Å²) >= 11 is 12.1. The lowest BCUT2D eigenvalue weighted by Crippen LogP contribution is -2.18. The summed E-state index contributed by atoms with van der Waals surface area (Å²) < 4.78 is 5.16. The van der Waals surface area contributed by atoms with Crippen molar-refractivity contribution in [2.24, 2.45) is 0 Å². The number of nitrogens with one attached hydrogen (secondary N) is 1. The van der Waals surface area contributed by atoms with Crippen LogP contribution in [0.15, 0.2) is 36.4 Å². The minimum absolute atomic E-state index is 0.0281. The second-order valence-electron chi connectivity index (χ2n) is 4.76. The Bertz CT molecular complexity index is 632. The largest absolute Gasteiger partial charge is 0.508 e. The summed E-state index contributed by atoms with van der Waals surface area (Å²) in [5.74, 6) is 0.944. The molecule has 21 heavy (non-hydrogen) atoms. The first-order valence-electron chi connectivity index (χ1n) is 6.55. The van der Waals surface area contributed by atoms with Gasteiger partial charge in [-0.1, -0.05) is 29.3 Å². The third kappa shape index (κ3) is 4.03. The summed E-state index contributed by atoms with van der Waals surface area (Å²) in [6, 6.07) is 10.6. The Morgan fingerprint density at radius 1 is 1.19 bits per heavy atom. The lowest BCUT2D eigenvalue weighted by Gasteiger charge is -2.17. The van der Waals surface area contributed by atoms with Crippen LogP contribution in [0.1, 0.15) is 24.1 Å². The van der Waals surface area contributed by atoms with Crippen molar-refractivity contribution < 1.29 is 9.84 Å². The van der Waals surface area contributed by atoms with E-state index in [2.05, 4.69) is 5.32 Å². The van der Waals surface area contributed by atoms with E-state index in [0.717, 1.165) is 11.1 Å². The number of ether oxygens (including phenoxy) is 1. The van der Waals surface area contributed by atoms with Gasteiger partial charge in [0.15, 0.2) is 0 Å². The predicted octanol–water partition coefficient (Wildman–Crippen LogP) is 4.56. The van der Waals surface area contributed by atoms with E-state index in [9.17, 15) is 5.11 Å². The molecule has 1 unspecified atom stereocenters. The molecule has 0 bridgehead atoms. The molecule has 0 radical (unpaired) electrons. The third-order valence-corrected chi connectivity index (χ3v) is 3.88. The molecule has 0 aliphatic carbocycles. The number of hydrogen-bond acceptors (Lipinski definition) is 3. The van der Waals surface area contributed by atoms with Gasteiger partial charge in [0.1, 0.15) is 11.5 Å². The zero-order chi connectivity index (χ0) is 15.4. The number of methoxy groups -OCH3 is 1. The summed E-state index contributed by atoms with van der Waals surface area (Å²) in [5.41, 5.74) is 1.73. The highest BCUT2D eigenvalue weighted by atomic mass is 35.5. The van der Waals surface area contributed by atoms with Crippen LogP contribution in [0.25, 0.3) is 0 Å². The topological polar surface area (TPSA) is 41.5 Å². The molecule has 1 atom stereocenters. The second-order valence-corrected chi connectivity index (χ2v) is 5.61. The minimum atomic E-state index is 0.0281. The van der Waals surface area contributed by atoms with Crippen LogP contribution in [-0.4, -0.2) is 12.2 Å². The van der Waals surface area contributed by atoms with Crippen molar-refractivity contribution >= 4 is 23.2 Å². The third-order valence-electron chi connectivity index (χ3n) is 3.31. The van der Waals surface area contributed by atoms with Gasteiger partial charge in [0, 0.05) is 28.2 Å². The highest BCUT2D eigenvalue weighted by molar-refractivity contribution is 6.35. The molecule has 0 spiro atoms. The normalized spacial score (nSPS) is 12.2. The molecular weight excluding hydrogens is 309 g/mol. The summed E-state index contributed by atoms with van der Waals surface area (Å²) in [7, 11) is 1.60. The molecule has 112 valence electrons. The van der Waals surface area contributed by atoms with Crippen molar-refractivity contribution in [3.63, 3.8) is 0 Å². The van der Waals surface area contributed by atoms with Crippen LogP contribution >= 0.6 is 23.2 Å². The van der Waals surface area contributed by atoms with Crippen LogP contribution < -0.4 is 10.1 Å². The molecule has 0 fully saturated rings. The van der Waals surface area contributed by atoms with E-state index in [4.69, 9.17) is 27.9 Å². The van der Waals surface area contributed by atoms with Crippen LogP contribution in [0, 0.1) is 0 Å². The van der Waals surface area contributed by atoms with Crippen LogP contribution in [0.2, 0.25) is 10.0 Å². The number of phenols is 1. The average Bonchev–Trinajstić information content (AvgIpc) is 2.46. The zero-order valence-corrected chi connectivity index (χ0v) is 13.4. The van der Waals surface area contributed by atoms with Gasteiger partial charge >= 0.3 is 0 Å². The Kier molecular flexibility index (Phi) is 5.34. The van der Waals surface area contributed by atoms with Crippen molar-refractivity contribution in [3.05, 3.63) is 57.6 Å². The maximum Gasteiger partial charge on any atom is 0.120 e. The fourth-order valence-corrected chi connectivity index (χ4v) is 2.63. The van der Waals surface area contributed by atoms with Crippen LogP contribution in [0.3, 0.4) is 0 Å². The number of halogens is 2. The van der Waals surface area contributed by atoms with E-state index >= 15 is 0 Å². The van der Waals surface area contributed by atoms with E-state index in [0.29, 0.717) is 22.3 Å². The van der Waals surface area contributed by atoms with Gasteiger partial charge in [0.2, 0.25) is 0 Å². The van der Waals surface area contributed by atoms with E-state index < -0.39 is 0 Å². The fraction of sp³-hybridized carbons (Fsp3) is 0.250. The van der Waals surface area contributed by atoms with Gasteiger partial charge in [-0.3, -0.25) is 0 Å². The molecule has 0 aliphatic heterocycles. The van der Waals surface area contributed by atoms with Gasteiger partial charge in [-0.2, -0.15) is 0 Å². The molecule has 0 aliphatic rings. The molecule has 0 heterocycles. The van der Waals surface area contributed by atoms with Crippen molar-refractivity contribution in [1.29, 1.82) is 0 Å². The number of benzene rings is 2. The predicted molar refractivity (Wildman–Crippen MR) is 86.4 cm³/mol. The molecule has 0 saturated carbocycles. The van der Waals surface area contributed by atoms with Crippen LogP contribution in [0.4, 0.5) is 0 Å². The lowest BCUT2D eigenvalue weighted by molar-refractivity contribution is 0.409. The molecule has 2 aromatic carbocycles. The fourth-order valence-electron chi connectivity index (χ4n) is 2.06. The number of hydrogen-bond donors (Lipinski definition) is 2. The SMILES string of the molecule is COc1ccc(O)c(CNC(C)c2ccc(Cl)cc2Cl)c1. The van der Waals surface area contributed by atoms with Gasteiger partial charge in [0.05, 0.1) is 7.11 Å². The van der Waals surface area contributed by atoms with E-state index in [1.807, 2.05) is 19.1 Å². The Morgan fingerprint density at radius 3 is 2.62 bits per heavy atom. The van der Waals surface area contributed by atoms with Gasteiger partial charge < -0.3 is 15.2 Å². The summed E-state index contributed by atoms with van der Waals surface area (Å²) in [6.07, 6.45) is 0. The highest BCUT2D eigenvalue weighted by Gasteiger charge is 2.11. The molecule has 0 amide bonds. The van der Waals surface area contributed by atoms with Gasteiger partial charge in [-0.25, -0.2) is 0 Å². The molecule has 5 heteroatoms. The Balaban J connectivity index is 2.08. The molecule has 2 aromatic rings. The zero-order valence-electron chi connectivity index (χ0n) is 11.9. The monoisotopic (exact) mass is 325 g/mol. The number of rotatable bonds is 5. The Morgan fingerprint density at radius 2 is 1.95 bits per heavy atom. The van der Waals surface area contributed by atoms with E-state index in [1.165, 1.54) is 0 Å². The van der Waals surface area contributed by atoms with Crippen molar-refractivity contribution in [3.8, 4) is 11.5 Å².